The normalized spacial score (nSPS) is 14.8. The molecule has 2 amide bonds. The lowest BCUT2D eigenvalue weighted by molar-refractivity contribution is -0.117. The number of nitrogens with zero attached hydrogens (tertiary/aromatic N) is 1. The molecule has 31 heavy (non-hydrogen) atoms. The number of esters is 1. The number of aryl methyl sites for hydroxylation is 1. The Hall–Kier alpha value is -3.84. The summed E-state index contributed by atoms with van der Waals surface area (Å²) < 4.78 is 10.5. The van der Waals surface area contributed by atoms with Gasteiger partial charge in [-0.05, 0) is 55.0 Å². The van der Waals surface area contributed by atoms with Crippen LogP contribution in [0, 0.1) is 6.92 Å². The SMILES string of the molecule is COC(=O)c1cccc(-c2ccc(/C=C3\C(=O)NN(c4ccc(C)c(Cl)c4)C3=O)o2)c1. The van der Waals surface area contributed by atoms with E-state index < -0.39 is 17.8 Å². The summed E-state index contributed by atoms with van der Waals surface area (Å²) in [5.74, 6) is -0.727. The predicted octanol–water partition coefficient (Wildman–Crippen LogP) is 4.16. The van der Waals surface area contributed by atoms with E-state index in [1.54, 1.807) is 54.6 Å². The minimum atomic E-state index is -0.549. The second-order valence-electron chi connectivity index (χ2n) is 6.85. The number of nitrogens with one attached hydrogen (secondary N) is 1. The fraction of sp³-hybridized carbons (Fsp3) is 0.0870. The Balaban J connectivity index is 1.60. The number of rotatable bonds is 4. The summed E-state index contributed by atoms with van der Waals surface area (Å²) in [6.07, 6.45) is 1.38. The van der Waals surface area contributed by atoms with Gasteiger partial charge in [0.15, 0.2) is 0 Å². The van der Waals surface area contributed by atoms with Crippen LogP contribution >= 0.6 is 11.6 Å². The number of methoxy groups -OCH3 is 1. The fourth-order valence-electron chi connectivity index (χ4n) is 3.11. The third kappa shape index (κ3) is 3.95. The summed E-state index contributed by atoms with van der Waals surface area (Å²) in [6.45, 7) is 1.84. The summed E-state index contributed by atoms with van der Waals surface area (Å²) in [5, 5.41) is 1.63. The molecule has 0 atom stereocenters. The maximum Gasteiger partial charge on any atom is 0.337 e. The van der Waals surface area contributed by atoms with Crippen LogP contribution in [0.4, 0.5) is 5.69 Å². The number of carbonyl (C=O) groups is 3. The van der Waals surface area contributed by atoms with E-state index in [2.05, 4.69) is 5.43 Å². The average Bonchev–Trinajstić information content (AvgIpc) is 3.35. The number of hydrazine groups is 1. The average molecular weight is 437 g/mol. The van der Waals surface area contributed by atoms with Crippen LogP contribution in [0.15, 0.2) is 64.6 Å². The molecule has 8 heteroatoms. The molecule has 7 nitrogen and oxygen atoms in total. The first-order valence-corrected chi connectivity index (χ1v) is 9.67. The Kier molecular flexibility index (Phi) is 5.35. The van der Waals surface area contributed by atoms with Crippen LogP contribution in [0.5, 0.6) is 0 Å². The number of ether oxygens (including phenoxy) is 1. The number of anilines is 1. The summed E-state index contributed by atoms with van der Waals surface area (Å²) in [5.41, 5.74) is 4.81. The van der Waals surface area contributed by atoms with Gasteiger partial charge < -0.3 is 9.15 Å². The van der Waals surface area contributed by atoms with Crippen LogP contribution < -0.4 is 10.4 Å². The van der Waals surface area contributed by atoms with Gasteiger partial charge in [-0.1, -0.05) is 29.8 Å². The molecule has 3 aromatic rings. The monoisotopic (exact) mass is 436 g/mol. The highest BCUT2D eigenvalue weighted by Gasteiger charge is 2.35. The topological polar surface area (TPSA) is 88.9 Å². The largest absolute Gasteiger partial charge is 0.465 e. The van der Waals surface area contributed by atoms with Gasteiger partial charge in [-0.3, -0.25) is 15.0 Å². The van der Waals surface area contributed by atoms with E-state index in [0.717, 1.165) is 10.6 Å². The van der Waals surface area contributed by atoms with Crippen molar-refractivity contribution in [2.75, 3.05) is 12.1 Å². The van der Waals surface area contributed by atoms with Gasteiger partial charge in [-0.15, -0.1) is 0 Å². The first-order chi connectivity index (χ1) is 14.9. The van der Waals surface area contributed by atoms with Gasteiger partial charge in [0.2, 0.25) is 0 Å². The minimum absolute atomic E-state index is 0.0686. The number of halogens is 1. The zero-order valence-corrected chi connectivity index (χ0v) is 17.4. The Bertz CT molecular complexity index is 1240. The molecule has 2 heterocycles. The molecule has 1 saturated heterocycles. The van der Waals surface area contributed by atoms with Crippen molar-refractivity contribution in [3.05, 3.63) is 82.1 Å². The number of carbonyl (C=O) groups excluding carboxylic acids is 3. The van der Waals surface area contributed by atoms with E-state index in [1.165, 1.54) is 13.2 Å². The van der Waals surface area contributed by atoms with Crippen molar-refractivity contribution < 1.29 is 23.5 Å². The summed E-state index contributed by atoms with van der Waals surface area (Å²) >= 11 is 6.13. The molecule has 1 aliphatic heterocycles. The van der Waals surface area contributed by atoms with E-state index in [-0.39, 0.29) is 5.57 Å². The number of hydrogen-bond donors (Lipinski definition) is 1. The Morgan fingerprint density at radius 2 is 1.94 bits per heavy atom. The first-order valence-electron chi connectivity index (χ1n) is 9.29. The van der Waals surface area contributed by atoms with Gasteiger partial charge in [-0.2, -0.15) is 0 Å². The fourth-order valence-corrected chi connectivity index (χ4v) is 3.28. The molecule has 0 unspecified atom stereocenters. The van der Waals surface area contributed by atoms with Gasteiger partial charge in [-0.25, -0.2) is 9.80 Å². The molecule has 0 radical (unpaired) electrons. The van der Waals surface area contributed by atoms with E-state index in [4.69, 9.17) is 20.8 Å². The van der Waals surface area contributed by atoms with Crippen molar-refractivity contribution in [2.45, 2.75) is 6.92 Å². The molecule has 0 spiro atoms. The summed E-state index contributed by atoms with van der Waals surface area (Å²) in [4.78, 5) is 36.9. The minimum Gasteiger partial charge on any atom is -0.465 e. The predicted molar refractivity (Wildman–Crippen MR) is 115 cm³/mol. The molecule has 1 aromatic heterocycles. The zero-order chi connectivity index (χ0) is 22.1. The highest BCUT2D eigenvalue weighted by molar-refractivity contribution is 6.33. The third-order valence-electron chi connectivity index (χ3n) is 4.79. The highest BCUT2D eigenvalue weighted by Crippen LogP contribution is 2.28. The summed E-state index contributed by atoms with van der Waals surface area (Å²) in [6, 6.07) is 15.2. The van der Waals surface area contributed by atoms with Crippen LogP contribution in [-0.2, 0) is 14.3 Å². The van der Waals surface area contributed by atoms with E-state index in [9.17, 15) is 14.4 Å². The van der Waals surface area contributed by atoms with Gasteiger partial charge in [0, 0.05) is 10.6 Å². The van der Waals surface area contributed by atoms with Gasteiger partial charge in [0.25, 0.3) is 11.8 Å². The standard InChI is InChI=1S/C23H17ClN2O5/c1-13-6-7-16(11-19(13)24)26-22(28)18(21(27)25-26)12-17-8-9-20(31-17)14-4-3-5-15(10-14)23(29)30-2/h3-12H,1-2H3,(H,25,27)/b18-12+. The molecule has 1 N–H and O–H groups in total. The Morgan fingerprint density at radius 3 is 2.68 bits per heavy atom. The summed E-state index contributed by atoms with van der Waals surface area (Å²) in [7, 11) is 1.31. The lowest BCUT2D eigenvalue weighted by atomic mass is 10.1. The second-order valence-corrected chi connectivity index (χ2v) is 7.25. The molecular formula is C23H17ClN2O5. The van der Waals surface area contributed by atoms with Crippen LogP contribution in [-0.4, -0.2) is 24.9 Å². The van der Waals surface area contributed by atoms with Crippen LogP contribution in [0.2, 0.25) is 5.02 Å². The lowest BCUT2D eigenvalue weighted by Gasteiger charge is -2.15. The molecule has 0 aliphatic carbocycles. The second kappa shape index (κ2) is 8.12. The lowest BCUT2D eigenvalue weighted by Crippen LogP contribution is -2.35. The molecule has 1 aliphatic rings. The number of furan rings is 1. The Morgan fingerprint density at radius 1 is 1.13 bits per heavy atom. The Labute approximate surface area is 182 Å². The van der Waals surface area contributed by atoms with Crippen molar-refractivity contribution in [2.24, 2.45) is 0 Å². The van der Waals surface area contributed by atoms with E-state index in [1.807, 2.05) is 6.92 Å². The molecule has 156 valence electrons. The molecule has 0 saturated carbocycles. The van der Waals surface area contributed by atoms with Crippen LogP contribution in [0.3, 0.4) is 0 Å². The van der Waals surface area contributed by atoms with Crippen molar-refractivity contribution in [1.29, 1.82) is 0 Å². The van der Waals surface area contributed by atoms with Gasteiger partial charge in [0.1, 0.15) is 17.1 Å². The molecular weight excluding hydrogens is 420 g/mol. The smallest absolute Gasteiger partial charge is 0.337 e. The molecule has 1 fully saturated rings. The molecule has 2 aromatic carbocycles. The van der Waals surface area contributed by atoms with Gasteiger partial charge in [0.05, 0.1) is 18.4 Å². The van der Waals surface area contributed by atoms with Crippen molar-refractivity contribution in [3.63, 3.8) is 0 Å². The highest BCUT2D eigenvalue weighted by atomic mass is 35.5. The molecule has 4 rings (SSSR count). The van der Waals surface area contributed by atoms with Crippen molar-refractivity contribution in [1.82, 2.24) is 5.43 Å². The van der Waals surface area contributed by atoms with E-state index in [0.29, 0.717) is 33.4 Å². The van der Waals surface area contributed by atoms with Crippen molar-refractivity contribution in [3.8, 4) is 11.3 Å². The van der Waals surface area contributed by atoms with Gasteiger partial charge >= 0.3 is 5.97 Å². The quantitative estimate of drug-likeness (QED) is 0.377. The van der Waals surface area contributed by atoms with E-state index >= 15 is 0 Å². The maximum atomic E-state index is 12.8. The van der Waals surface area contributed by atoms with Crippen LogP contribution in [0.25, 0.3) is 17.4 Å². The zero-order valence-electron chi connectivity index (χ0n) is 16.6. The van der Waals surface area contributed by atoms with Crippen molar-refractivity contribution >= 4 is 41.1 Å². The first kappa shape index (κ1) is 20.4. The molecule has 0 bridgehead atoms. The third-order valence-corrected chi connectivity index (χ3v) is 5.19. The number of benzene rings is 2. The maximum absolute atomic E-state index is 12.8. The number of amides is 2. The van der Waals surface area contributed by atoms with Crippen LogP contribution in [0.1, 0.15) is 21.7 Å². The number of hydrogen-bond acceptors (Lipinski definition) is 5.